The summed E-state index contributed by atoms with van der Waals surface area (Å²) in [5.41, 5.74) is 4.52. The predicted octanol–water partition coefficient (Wildman–Crippen LogP) is 3.26. The second kappa shape index (κ2) is 8.79. The molecular weight excluding hydrogens is 350 g/mol. The van der Waals surface area contributed by atoms with Crippen LogP contribution in [0.1, 0.15) is 36.5 Å². The van der Waals surface area contributed by atoms with Crippen LogP contribution in [-0.4, -0.2) is 28.8 Å². The first-order chi connectivity index (χ1) is 12.8. The molecule has 0 spiro atoms. The normalized spacial score (nSPS) is 11.0. The molecule has 8 heteroatoms. The van der Waals surface area contributed by atoms with E-state index < -0.39 is 22.3 Å². The van der Waals surface area contributed by atoms with Crippen molar-refractivity contribution in [3.05, 3.63) is 63.2 Å². The van der Waals surface area contributed by atoms with E-state index >= 15 is 0 Å². The Labute approximate surface area is 156 Å². The quantitative estimate of drug-likeness (QED) is 0.440. The number of aryl methyl sites for hydroxylation is 1. The molecule has 2 rings (SSSR count). The van der Waals surface area contributed by atoms with E-state index in [1.165, 1.54) is 23.9 Å². The zero-order valence-corrected chi connectivity index (χ0v) is 15.3. The third-order valence-corrected chi connectivity index (χ3v) is 3.83. The fraction of sp³-hybridized carbons (Fsp3) is 0.263. The number of aromatic hydroxyl groups is 1. The van der Waals surface area contributed by atoms with E-state index in [-0.39, 0.29) is 6.61 Å². The maximum atomic E-state index is 11.8. The van der Waals surface area contributed by atoms with Crippen LogP contribution in [0.2, 0.25) is 0 Å². The summed E-state index contributed by atoms with van der Waals surface area (Å²) in [6, 6.07) is 9.45. The van der Waals surface area contributed by atoms with Crippen LogP contribution < -0.4 is 10.2 Å². The Hall–Kier alpha value is -3.42. The minimum absolute atomic E-state index is 0.215. The van der Waals surface area contributed by atoms with Gasteiger partial charge in [-0.25, -0.2) is 5.43 Å². The van der Waals surface area contributed by atoms with Crippen molar-refractivity contribution in [3.63, 3.8) is 0 Å². The number of benzene rings is 2. The second-order valence-corrected chi connectivity index (χ2v) is 6.26. The minimum Gasteiger partial charge on any atom is -0.502 e. The van der Waals surface area contributed by atoms with Crippen molar-refractivity contribution in [1.29, 1.82) is 0 Å². The van der Waals surface area contributed by atoms with E-state index in [0.29, 0.717) is 17.2 Å². The molecule has 1 amide bonds. The van der Waals surface area contributed by atoms with E-state index in [0.717, 1.165) is 11.6 Å². The monoisotopic (exact) mass is 371 g/mol. The SMILES string of the molecule is Cc1cc(OCC(=O)N/N=C/c2ccc(O)c([N+](=O)[O-])c2)ccc1C(C)C. The molecule has 2 aromatic rings. The highest BCUT2D eigenvalue weighted by Crippen LogP contribution is 2.25. The number of nitrogens with one attached hydrogen (secondary N) is 1. The zero-order valence-electron chi connectivity index (χ0n) is 15.3. The van der Waals surface area contributed by atoms with Gasteiger partial charge in [0.25, 0.3) is 5.91 Å². The zero-order chi connectivity index (χ0) is 20.0. The summed E-state index contributed by atoms with van der Waals surface area (Å²) < 4.78 is 5.44. The lowest BCUT2D eigenvalue weighted by Crippen LogP contribution is -2.24. The molecule has 0 aliphatic heterocycles. The van der Waals surface area contributed by atoms with Gasteiger partial charge in [-0.2, -0.15) is 5.10 Å². The summed E-state index contributed by atoms with van der Waals surface area (Å²) in [6.07, 6.45) is 1.24. The second-order valence-electron chi connectivity index (χ2n) is 6.26. The molecule has 142 valence electrons. The van der Waals surface area contributed by atoms with Gasteiger partial charge >= 0.3 is 5.69 Å². The van der Waals surface area contributed by atoms with Gasteiger partial charge in [0, 0.05) is 11.6 Å². The largest absolute Gasteiger partial charge is 0.502 e. The summed E-state index contributed by atoms with van der Waals surface area (Å²) in [5.74, 6) is 0.0936. The number of nitro benzene ring substituents is 1. The number of nitro groups is 1. The van der Waals surface area contributed by atoms with E-state index in [1.54, 1.807) is 0 Å². The molecule has 0 aliphatic rings. The Bertz CT molecular complexity index is 878. The summed E-state index contributed by atoms with van der Waals surface area (Å²) in [7, 11) is 0. The molecule has 2 aromatic carbocycles. The highest BCUT2D eigenvalue weighted by molar-refractivity contribution is 5.84. The van der Waals surface area contributed by atoms with Crippen LogP contribution >= 0.6 is 0 Å². The van der Waals surface area contributed by atoms with Gasteiger partial charge in [-0.1, -0.05) is 19.9 Å². The first-order valence-electron chi connectivity index (χ1n) is 8.30. The van der Waals surface area contributed by atoms with Gasteiger partial charge in [0.05, 0.1) is 11.1 Å². The van der Waals surface area contributed by atoms with Gasteiger partial charge in [0.1, 0.15) is 5.75 Å². The van der Waals surface area contributed by atoms with Crippen LogP contribution in [0.25, 0.3) is 0 Å². The van der Waals surface area contributed by atoms with E-state index in [4.69, 9.17) is 4.74 Å². The number of nitrogens with zero attached hydrogens (tertiary/aromatic N) is 2. The predicted molar refractivity (Wildman–Crippen MR) is 101 cm³/mol. The lowest BCUT2D eigenvalue weighted by Gasteiger charge is -2.12. The molecule has 2 N–H and O–H groups in total. The number of carbonyl (C=O) groups excluding carboxylic acids is 1. The third kappa shape index (κ3) is 5.53. The molecule has 0 radical (unpaired) electrons. The standard InChI is InChI=1S/C19H21N3O5/c1-12(2)16-6-5-15(8-13(16)3)27-11-19(24)21-20-10-14-4-7-18(23)17(9-14)22(25)26/h4-10,12,23H,11H2,1-3H3,(H,21,24)/b20-10+. The van der Waals surface area contributed by atoms with E-state index in [2.05, 4.69) is 24.4 Å². The Balaban J connectivity index is 1.89. The van der Waals surface area contributed by atoms with Crippen molar-refractivity contribution in [1.82, 2.24) is 5.43 Å². The maximum Gasteiger partial charge on any atom is 0.311 e. The summed E-state index contributed by atoms with van der Waals surface area (Å²) >= 11 is 0. The van der Waals surface area contributed by atoms with Crippen LogP contribution in [0.15, 0.2) is 41.5 Å². The van der Waals surface area contributed by atoms with Crippen LogP contribution in [0.4, 0.5) is 5.69 Å². The Morgan fingerprint density at radius 1 is 1.33 bits per heavy atom. The fourth-order valence-electron chi connectivity index (χ4n) is 2.51. The number of phenols is 1. The number of ether oxygens (including phenoxy) is 1. The average Bonchev–Trinajstić information content (AvgIpc) is 2.61. The Morgan fingerprint density at radius 3 is 2.70 bits per heavy atom. The molecule has 0 unspecified atom stereocenters. The summed E-state index contributed by atoms with van der Waals surface area (Å²) in [4.78, 5) is 21.9. The number of phenolic OH excluding ortho intramolecular Hbond substituents is 1. The Morgan fingerprint density at radius 2 is 2.07 bits per heavy atom. The molecule has 0 heterocycles. The highest BCUT2D eigenvalue weighted by Gasteiger charge is 2.12. The molecule has 0 atom stereocenters. The van der Waals surface area contributed by atoms with Crippen molar-refractivity contribution in [2.75, 3.05) is 6.61 Å². The first-order valence-corrected chi connectivity index (χ1v) is 8.30. The number of hydrogen-bond donors (Lipinski definition) is 2. The Kier molecular flexibility index (Phi) is 6.48. The number of carbonyl (C=O) groups is 1. The van der Waals surface area contributed by atoms with Crippen molar-refractivity contribution in [2.24, 2.45) is 5.10 Å². The topological polar surface area (TPSA) is 114 Å². The number of hydrogen-bond acceptors (Lipinski definition) is 6. The minimum atomic E-state index is -0.703. The molecule has 8 nitrogen and oxygen atoms in total. The van der Waals surface area contributed by atoms with Crippen molar-refractivity contribution < 1.29 is 19.6 Å². The molecule has 0 bridgehead atoms. The number of amides is 1. The van der Waals surface area contributed by atoms with Crippen LogP contribution in [0.3, 0.4) is 0 Å². The van der Waals surface area contributed by atoms with Gasteiger partial charge in [-0.15, -0.1) is 0 Å². The smallest absolute Gasteiger partial charge is 0.311 e. The lowest BCUT2D eigenvalue weighted by atomic mass is 9.98. The molecule has 0 saturated carbocycles. The van der Waals surface area contributed by atoms with Crippen molar-refractivity contribution >= 4 is 17.8 Å². The van der Waals surface area contributed by atoms with Crippen LogP contribution in [0, 0.1) is 17.0 Å². The van der Waals surface area contributed by atoms with Crippen LogP contribution in [-0.2, 0) is 4.79 Å². The van der Waals surface area contributed by atoms with Crippen molar-refractivity contribution in [2.45, 2.75) is 26.7 Å². The van der Waals surface area contributed by atoms with Gasteiger partial charge < -0.3 is 9.84 Å². The molecule has 0 aliphatic carbocycles. The van der Waals surface area contributed by atoms with E-state index in [9.17, 15) is 20.0 Å². The molecule has 27 heavy (non-hydrogen) atoms. The van der Waals surface area contributed by atoms with E-state index in [1.807, 2.05) is 25.1 Å². The third-order valence-electron chi connectivity index (χ3n) is 3.83. The van der Waals surface area contributed by atoms with Crippen LogP contribution in [0.5, 0.6) is 11.5 Å². The van der Waals surface area contributed by atoms with Gasteiger partial charge in [0.2, 0.25) is 0 Å². The van der Waals surface area contributed by atoms with Crippen molar-refractivity contribution in [3.8, 4) is 11.5 Å². The molecule has 0 fully saturated rings. The summed E-state index contributed by atoms with van der Waals surface area (Å²) in [5, 5.41) is 23.9. The van der Waals surface area contributed by atoms with Gasteiger partial charge in [-0.3, -0.25) is 14.9 Å². The fourth-order valence-corrected chi connectivity index (χ4v) is 2.51. The average molecular weight is 371 g/mol. The lowest BCUT2D eigenvalue weighted by molar-refractivity contribution is -0.385. The number of rotatable bonds is 7. The molecule has 0 saturated heterocycles. The molecule has 0 aromatic heterocycles. The highest BCUT2D eigenvalue weighted by atomic mass is 16.6. The van der Waals surface area contributed by atoms with Gasteiger partial charge in [0.15, 0.2) is 12.4 Å². The first kappa shape index (κ1) is 19.9. The summed E-state index contributed by atoms with van der Waals surface area (Å²) in [6.45, 7) is 5.99. The van der Waals surface area contributed by atoms with Gasteiger partial charge in [-0.05, 0) is 48.2 Å². The number of hydrazone groups is 1. The molecular formula is C19H21N3O5. The maximum absolute atomic E-state index is 11.8.